The molecule has 130 valence electrons. The molecule has 0 radical (unpaired) electrons. The number of benzene rings is 1. The van der Waals surface area contributed by atoms with Crippen LogP contribution in [0, 0.1) is 6.92 Å². The molecule has 1 saturated heterocycles. The fourth-order valence-corrected chi connectivity index (χ4v) is 4.42. The van der Waals surface area contributed by atoms with Gasteiger partial charge in [0.05, 0.1) is 30.3 Å². The molecule has 24 heavy (non-hydrogen) atoms. The molecule has 0 unspecified atom stereocenters. The largest absolute Gasteiger partial charge is 0.379 e. The van der Waals surface area contributed by atoms with Crippen molar-refractivity contribution in [1.29, 1.82) is 0 Å². The fourth-order valence-electron chi connectivity index (χ4n) is 2.51. The van der Waals surface area contributed by atoms with Gasteiger partial charge in [-0.25, -0.2) is 18.1 Å². The summed E-state index contributed by atoms with van der Waals surface area (Å²) in [6.45, 7) is 6.20. The third-order valence-electron chi connectivity index (χ3n) is 3.80. The van der Waals surface area contributed by atoms with Gasteiger partial charge in [0.25, 0.3) is 0 Å². The molecule has 1 aromatic carbocycles. The van der Waals surface area contributed by atoms with Gasteiger partial charge in [-0.05, 0) is 24.6 Å². The molecule has 0 bridgehead atoms. The van der Waals surface area contributed by atoms with Gasteiger partial charge in [0.1, 0.15) is 5.01 Å². The van der Waals surface area contributed by atoms with Crippen LogP contribution in [0.25, 0.3) is 0 Å². The maximum Gasteiger partial charge on any atom is 0.240 e. The molecule has 2 aromatic rings. The third kappa shape index (κ3) is 4.61. The monoisotopic (exact) mass is 367 g/mol. The minimum Gasteiger partial charge on any atom is -0.379 e. The molecule has 0 amide bonds. The maximum absolute atomic E-state index is 12.3. The highest BCUT2D eigenvalue weighted by molar-refractivity contribution is 7.89. The Labute approximate surface area is 146 Å². The Morgan fingerprint density at radius 2 is 2.12 bits per heavy atom. The topological polar surface area (TPSA) is 71.5 Å². The SMILES string of the molecule is Cc1cccc(S(=O)(=O)NCc2nc(CN3CCOCC3)cs2)c1. The van der Waals surface area contributed by atoms with E-state index in [1.807, 2.05) is 18.4 Å². The number of aromatic nitrogens is 1. The first-order valence-corrected chi connectivity index (χ1v) is 10.2. The Morgan fingerprint density at radius 1 is 1.33 bits per heavy atom. The molecule has 0 saturated carbocycles. The van der Waals surface area contributed by atoms with Crippen molar-refractivity contribution in [3.63, 3.8) is 0 Å². The van der Waals surface area contributed by atoms with E-state index < -0.39 is 10.0 Å². The van der Waals surface area contributed by atoms with E-state index in [-0.39, 0.29) is 11.4 Å². The number of rotatable bonds is 6. The smallest absolute Gasteiger partial charge is 0.240 e. The second-order valence-electron chi connectivity index (χ2n) is 5.76. The van der Waals surface area contributed by atoms with Gasteiger partial charge in [0.15, 0.2) is 0 Å². The number of sulfonamides is 1. The molecule has 3 rings (SSSR count). The molecule has 0 spiro atoms. The van der Waals surface area contributed by atoms with Gasteiger partial charge < -0.3 is 4.74 Å². The van der Waals surface area contributed by atoms with Crippen LogP contribution in [0.5, 0.6) is 0 Å². The van der Waals surface area contributed by atoms with E-state index in [9.17, 15) is 8.42 Å². The van der Waals surface area contributed by atoms with E-state index >= 15 is 0 Å². The number of hydrogen-bond donors (Lipinski definition) is 1. The lowest BCUT2D eigenvalue weighted by molar-refractivity contribution is 0.0337. The summed E-state index contributed by atoms with van der Waals surface area (Å²) in [6.07, 6.45) is 0. The molecule has 8 heteroatoms. The van der Waals surface area contributed by atoms with E-state index in [0.29, 0.717) is 0 Å². The Balaban J connectivity index is 1.58. The summed E-state index contributed by atoms with van der Waals surface area (Å²) in [5.74, 6) is 0. The summed E-state index contributed by atoms with van der Waals surface area (Å²) in [5.41, 5.74) is 1.89. The lowest BCUT2D eigenvalue weighted by Gasteiger charge is -2.25. The molecule has 6 nitrogen and oxygen atoms in total. The molecular formula is C16H21N3O3S2. The second kappa shape index (κ2) is 7.71. The van der Waals surface area contributed by atoms with E-state index in [1.165, 1.54) is 11.3 Å². The van der Waals surface area contributed by atoms with Crippen LogP contribution in [0.3, 0.4) is 0 Å². The molecule has 0 aliphatic carbocycles. The van der Waals surface area contributed by atoms with E-state index in [0.717, 1.165) is 49.1 Å². The molecule has 1 aliphatic heterocycles. The summed E-state index contributed by atoms with van der Waals surface area (Å²) in [6, 6.07) is 6.88. The number of nitrogens with one attached hydrogen (secondary N) is 1. The van der Waals surface area contributed by atoms with Crippen LogP contribution >= 0.6 is 11.3 Å². The highest BCUT2D eigenvalue weighted by atomic mass is 32.2. The number of nitrogens with zero attached hydrogens (tertiary/aromatic N) is 2. The van der Waals surface area contributed by atoms with Crippen molar-refractivity contribution in [1.82, 2.24) is 14.6 Å². The average molecular weight is 367 g/mol. The number of morpholine rings is 1. The van der Waals surface area contributed by atoms with Crippen molar-refractivity contribution >= 4 is 21.4 Å². The quantitative estimate of drug-likeness (QED) is 0.842. The lowest BCUT2D eigenvalue weighted by Crippen LogP contribution is -2.35. The Morgan fingerprint density at radius 3 is 2.88 bits per heavy atom. The average Bonchev–Trinajstić information content (AvgIpc) is 3.02. The van der Waals surface area contributed by atoms with Crippen LogP contribution in [0.15, 0.2) is 34.5 Å². The van der Waals surface area contributed by atoms with Crippen LogP contribution in [0.1, 0.15) is 16.3 Å². The zero-order valence-electron chi connectivity index (χ0n) is 13.6. The lowest BCUT2D eigenvalue weighted by atomic mass is 10.2. The van der Waals surface area contributed by atoms with Crippen LogP contribution in [0.4, 0.5) is 0 Å². The third-order valence-corrected chi connectivity index (χ3v) is 6.10. The molecule has 1 aromatic heterocycles. The van der Waals surface area contributed by atoms with Gasteiger partial charge in [-0.15, -0.1) is 11.3 Å². The first kappa shape index (κ1) is 17.5. The van der Waals surface area contributed by atoms with Crippen LogP contribution in [0.2, 0.25) is 0 Å². The summed E-state index contributed by atoms with van der Waals surface area (Å²) in [7, 11) is -3.51. The van der Waals surface area contributed by atoms with Crippen molar-refractivity contribution in [3.8, 4) is 0 Å². The Kier molecular flexibility index (Phi) is 5.62. The summed E-state index contributed by atoms with van der Waals surface area (Å²) < 4.78 is 32.6. The predicted molar refractivity (Wildman–Crippen MR) is 93.4 cm³/mol. The van der Waals surface area contributed by atoms with Crippen LogP contribution in [-0.4, -0.2) is 44.6 Å². The summed E-state index contributed by atoms with van der Waals surface area (Å²) >= 11 is 1.48. The Hall–Kier alpha value is -1.32. The number of hydrogen-bond acceptors (Lipinski definition) is 6. The zero-order valence-corrected chi connectivity index (χ0v) is 15.2. The molecule has 1 N–H and O–H groups in total. The van der Waals surface area contributed by atoms with Crippen molar-refractivity contribution in [3.05, 3.63) is 45.9 Å². The van der Waals surface area contributed by atoms with Gasteiger partial charge in [0, 0.05) is 25.0 Å². The van der Waals surface area contributed by atoms with Gasteiger partial charge in [-0.2, -0.15) is 0 Å². The molecule has 1 aliphatic rings. The fraction of sp³-hybridized carbons (Fsp3) is 0.438. The van der Waals surface area contributed by atoms with Crippen LogP contribution < -0.4 is 4.72 Å². The molecule has 1 fully saturated rings. The molecule has 2 heterocycles. The molecular weight excluding hydrogens is 346 g/mol. The van der Waals surface area contributed by atoms with Crippen molar-refractivity contribution < 1.29 is 13.2 Å². The Bertz CT molecular complexity index is 783. The highest BCUT2D eigenvalue weighted by Gasteiger charge is 2.16. The maximum atomic E-state index is 12.3. The van der Waals surface area contributed by atoms with E-state index in [1.54, 1.807) is 18.2 Å². The van der Waals surface area contributed by atoms with Crippen molar-refractivity contribution in [2.24, 2.45) is 0 Å². The van der Waals surface area contributed by atoms with E-state index in [2.05, 4.69) is 14.6 Å². The predicted octanol–water partition coefficient (Wildman–Crippen LogP) is 1.76. The minimum atomic E-state index is -3.51. The van der Waals surface area contributed by atoms with Crippen molar-refractivity contribution in [2.75, 3.05) is 26.3 Å². The van der Waals surface area contributed by atoms with Gasteiger partial charge in [-0.1, -0.05) is 12.1 Å². The zero-order chi connectivity index (χ0) is 17.0. The number of aryl methyl sites for hydroxylation is 1. The standard InChI is InChI=1S/C16H21N3O3S2/c1-13-3-2-4-15(9-13)24(20,21)17-10-16-18-14(12-23-16)11-19-5-7-22-8-6-19/h2-4,9,12,17H,5-8,10-11H2,1H3. The van der Waals surface area contributed by atoms with Gasteiger partial charge in [-0.3, -0.25) is 4.90 Å². The number of ether oxygens (including phenoxy) is 1. The normalized spacial score (nSPS) is 16.4. The van der Waals surface area contributed by atoms with Crippen LogP contribution in [-0.2, 0) is 27.8 Å². The highest BCUT2D eigenvalue weighted by Crippen LogP contribution is 2.15. The summed E-state index contributed by atoms with van der Waals surface area (Å²) in [4.78, 5) is 7.10. The minimum absolute atomic E-state index is 0.212. The molecule has 0 atom stereocenters. The summed E-state index contributed by atoms with van der Waals surface area (Å²) in [5, 5.41) is 2.76. The second-order valence-corrected chi connectivity index (χ2v) is 8.47. The number of thiazole rings is 1. The van der Waals surface area contributed by atoms with Gasteiger partial charge >= 0.3 is 0 Å². The first-order chi connectivity index (χ1) is 11.5. The van der Waals surface area contributed by atoms with Gasteiger partial charge in [0.2, 0.25) is 10.0 Å². The first-order valence-electron chi connectivity index (χ1n) is 7.83. The van der Waals surface area contributed by atoms with Crippen molar-refractivity contribution in [2.45, 2.75) is 24.9 Å². The van der Waals surface area contributed by atoms with E-state index in [4.69, 9.17) is 4.74 Å².